The van der Waals surface area contributed by atoms with E-state index < -0.39 is 17.9 Å². The number of carbonyl (C=O) groups is 2. The van der Waals surface area contributed by atoms with Gasteiger partial charge in [0, 0.05) is 25.8 Å². The zero-order valence-corrected chi connectivity index (χ0v) is 13.9. The molecule has 2 aromatic heterocycles. The van der Waals surface area contributed by atoms with Gasteiger partial charge < -0.3 is 15.2 Å². The van der Waals surface area contributed by atoms with Gasteiger partial charge in [-0.25, -0.2) is 9.78 Å². The first-order valence-corrected chi connectivity index (χ1v) is 7.79. The van der Waals surface area contributed by atoms with Crippen LogP contribution in [0.5, 0.6) is 0 Å². The molecule has 0 radical (unpaired) electrons. The number of nitrogens with zero attached hydrogens (tertiary/aromatic N) is 3. The highest BCUT2D eigenvalue weighted by atomic mass is 16.5. The van der Waals surface area contributed by atoms with Gasteiger partial charge in [0.25, 0.3) is 5.91 Å². The summed E-state index contributed by atoms with van der Waals surface area (Å²) in [5, 5.41) is 16.7. The van der Waals surface area contributed by atoms with Crippen LogP contribution in [0.1, 0.15) is 40.5 Å². The number of aryl methyl sites for hydroxylation is 2. The summed E-state index contributed by atoms with van der Waals surface area (Å²) in [7, 11) is 3.18. The van der Waals surface area contributed by atoms with Crippen molar-refractivity contribution in [3.8, 4) is 0 Å². The molecule has 1 atom stereocenters. The third-order valence-corrected chi connectivity index (χ3v) is 4.17. The van der Waals surface area contributed by atoms with Crippen molar-refractivity contribution in [3.63, 3.8) is 0 Å². The molecule has 128 valence electrons. The number of fused-ring (bicyclic) bond motifs is 1. The number of ether oxygens (including phenoxy) is 1. The highest BCUT2D eigenvalue weighted by Crippen LogP contribution is 2.40. The van der Waals surface area contributed by atoms with Crippen LogP contribution >= 0.6 is 0 Å². The van der Waals surface area contributed by atoms with Crippen LogP contribution in [0, 0.1) is 6.92 Å². The SMILES string of the molecule is COCC(NC(=O)c1cc(C2CC2)nc2c1c(C)nn2C)C(=O)O. The Balaban J connectivity index is 2.03. The lowest BCUT2D eigenvalue weighted by atomic mass is 10.1. The van der Waals surface area contributed by atoms with Gasteiger partial charge in [-0.2, -0.15) is 5.10 Å². The number of carbonyl (C=O) groups excluding carboxylic acids is 1. The van der Waals surface area contributed by atoms with Gasteiger partial charge in [0.15, 0.2) is 11.7 Å². The van der Waals surface area contributed by atoms with Gasteiger partial charge in [-0.05, 0) is 25.8 Å². The second kappa shape index (κ2) is 6.20. The van der Waals surface area contributed by atoms with E-state index in [4.69, 9.17) is 4.74 Å². The molecule has 1 aliphatic rings. The summed E-state index contributed by atoms with van der Waals surface area (Å²) in [4.78, 5) is 28.6. The number of rotatable bonds is 6. The number of amides is 1. The molecule has 1 aliphatic carbocycles. The number of aliphatic carboxylic acids is 1. The molecule has 1 amide bonds. The van der Waals surface area contributed by atoms with Crippen molar-refractivity contribution in [1.82, 2.24) is 20.1 Å². The zero-order chi connectivity index (χ0) is 17.4. The number of methoxy groups -OCH3 is 1. The van der Waals surface area contributed by atoms with Crippen molar-refractivity contribution >= 4 is 22.9 Å². The van der Waals surface area contributed by atoms with E-state index in [1.54, 1.807) is 24.7 Å². The molecule has 8 heteroatoms. The predicted molar refractivity (Wildman–Crippen MR) is 86.0 cm³/mol. The summed E-state index contributed by atoms with van der Waals surface area (Å²) in [6.07, 6.45) is 2.11. The summed E-state index contributed by atoms with van der Waals surface area (Å²) in [6.45, 7) is 1.71. The van der Waals surface area contributed by atoms with Gasteiger partial charge >= 0.3 is 5.97 Å². The Morgan fingerprint density at radius 2 is 2.21 bits per heavy atom. The van der Waals surface area contributed by atoms with Gasteiger partial charge in [-0.3, -0.25) is 9.48 Å². The summed E-state index contributed by atoms with van der Waals surface area (Å²) in [5.41, 5.74) is 2.59. The van der Waals surface area contributed by atoms with Crippen LogP contribution in [0.3, 0.4) is 0 Å². The lowest BCUT2D eigenvalue weighted by Crippen LogP contribution is -2.43. The van der Waals surface area contributed by atoms with Crippen molar-refractivity contribution in [1.29, 1.82) is 0 Å². The number of pyridine rings is 1. The summed E-state index contributed by atoms with van der Waals surface area (Å²) >= 11 is 0. The second-order valence-electron chi connectivity index (χ2n) is 6.10. The largest absolute Gasteiger partial charge is 0.480 e. The lowest BCUT2D eigenvalue weighted by molar-refractivity contribution is -0.140. The number of hydrogen-bond acceptors (Lipinski definition) is 5. The Labute approximate surface area is 138 Å². The molecule has 3 rings (SSSR count). The fraction of sp³-hybridized carbons (Fsp3) is 0.500. The Bertz CT molecular complexity index is 810. The van der Waals surface area contributed by atoms with E-state index in [0.717, 1.165) is 18.5 Å². The maximum atomic E-state index is 12.7. The first-order chi connectivity index (χ1) is 11.4. The Morgan fingerprint density at radius 3 is 2.79 bits per heavy atom. The third-order valence-electron chi connectivity index (χ3n) is 4.17. The van der Waals surface area contributed by atoms with Crippen molar-refractivity contribution < 1.29 is 19.4 Å². The van der Waals surface area contributed by atoms with Gasteiger partial charge in [0.1, 0.15) is 0 Å². The van der Waals surface area contributed by atoms with Crippen LogP contribution in [-0.2, 0) is 16.6 Å². The van der Waals surface area contributed by atoms with Crippen LogP contribution in [-0.4, -0.2) is 51.5 Å². The zero-order valence-electron chi connectivity index (χ0n) is 13.9. The monoisotopic (exact) mass is 332 g/mol. The minimum Gasteiger partial charge on any atom is -0.480 e. The van der Waals surface area contributed by atoms with Gasteiger partial charge in [-0.15, -0.1) is 0 Å². The quantitative estimate of drug-likeness (QED) is 0.817. The number of nitrogens with one attached hydrogen (secondary N) is 1. The van der Waals surface area contributed by atoms with Crippen LogP contribution in [0.15, 0.2) is 6.07 Å². The molecule has 1 saturated carbocycles. The van der Waals surface area contributed by atoms with Crippen LogP contribution in [0.25, 0.3) is 11.0 Å². The fourth-order valence-electron chi connectivity index (χ4n) is 2.81. The molecule has 0 spiro atoms. The molecule has 0 saturated heterocycles. The molecule has 24 heavy (non-hydrogen) atoms. The van der Waals surface area contributed by atoms with E-state index in [0.29, 0.717) is 28.2 Å². The van der Waals surface area contributed by atoms with Crippen molar-refractivity contribution in [3.05, 3.63) is 23.0 Å². The average Bonchev–Trinajstić information content (AvgIpc) is 3.33. The second-order valence-corrected chi connectivity index (χ2v) is 6.10. The summed E-state index contributed by atoms with van der Waals surface area (Å²) in [6, 6.07) is 0.655. The van der Waals surface area contributed by atoms with Crippen LogP contribution in [0.4, 0.5) is 0 Å². The Morgan fingerprint density at radius 1 is 1.50 bits per heavy atom. The molecule has 2 heterocycles. The third kappa shape index (κ3) is 2.96. The van der Waals surface area contributed by atoms with Gasteiger partial charge in [0.05, 0.1) is 23.3 Å². The van der Waals surface area contributed by atoms with E-state index in [-0.39, 0.29) is 6.61 Å². The number of carboxylic acid groups (broad SMARTS) is 1. The molecular formula is C16H20N4O4. The van der Waals surface area contributed by atoms with Gasteiger partial charge in [-0.1, -0.05) is 0 Å². The molecule has 8 nitrogen and oxygen atoms in total. The first-order valence-electron chi connectivity index (χ1n) is 7.79. The topological polar surface area (TPSA) is 106 Å². The Kier molecular flexibility index (Phi) is 4.23. The minimum atomic E-state index is -1.14. The first kappa shape index (κ1) is 16.4. The number of hydrogen-bond donors (Lipinski definition) is 2. The number of aromatic nitrogens is 3. The van der Waals surface area contributed by atoms with Crippen molar-refractivity contribution in [2.75, 3.05) is 13.7 Å². The average molecular weight is 332 g/mol. The smallest absolute Gasteiger partial charge is 0.328 e. The molecular weight excluding hydrogens is 312 g/mol. The van der Waals surface area contributed by atoms with Crippen LogP contribution < -0.4 is 5.32 Å². The number of carboxylic acids is 1. The molecule has 0 aliphatic heterocycles. The van der Waals surface area contributed by atoms with E-state index >= 15 is 0 Å². The van der Waals surface area contributed by atoms with E-state index in [1.807, 2.05) is 0 Å². The molecule has 1 fully saturated rings. The lowest BCUT2D eigenvalue weighted by Gasteiger charge is -2.14. The standard InChI is InChI=1S/C16H20N4O4/c1-8-13-10(15(21)18-12(7-24-3)16(22)23)6-11(9-4-5-9)17-14(13)20(2)19-8/h6,9,12H,4-5,7H2,1-3H3,(H,18,21)(H,22,23). The molecule has 0 bridgehead atoms. The molecule has 2 aromatic rings. The van der Waals surface area contributed by atoms with E-state index in [9.17, 15) is 14.7 Å². The Hall–Kier alpha value is -2.48. The van der Waals surface area contributed by atoms with Crippen molar-refractivity contribution in [2.45, 2.75) is 31.7 Å². The highest BCUT2D eigenvalue weighted by molar-refractivity contribution is 6.07. The maximum absolute atomic E-state index is 12.7. The van der Waals surface area contributed by atoms with E-state index in [1.165, 1.54) is 7.11 Å². The molecule has 2 N–H and O–H groups in total. The predicted octanol–water partition coefficient (Wildman–Crippen LogP) is 0.984. The summed E-state index contributed by atoms with van der Waals surface area (Å²) < 4.78 is 6.51. The normalized spacial score (nSPS) is 15.5. The minimum absolute atomic E-state index is 0.100. The highest BCUT2D eigenvalue weighted by Gasteiger charge is 2.29. The van der Waals surface area contributed by atoms with Crippen LogP contribution in [0.2, 0.25) is 0 Å². The van der Waals surface area contributed by atoms with Gasteiger partial charge in [0.2, 0.25) is 0 Å². The van der Waals surface area contributed by atoms with Crippen molar-refractivity contribution in [2.24, 2.45) is 7.05 Å². The summed E-state index contributed by atoms with van der Waals surface area (Å²) in [5.74, 6) is -1.23. The molecule has 0 aromatic carbocycles. The van der Waals surface area contributed by atoms with E-state index in [2.05, 4.69) is 15.4 Å². The maximum Gasteiger partial charge on any atom is 0.328 e. The molecule has 1 unspecified atom stereocenters. The fourth-order valence-corrected chi connectivity index (χ4v) is 2.81.